The number of ether oxygens (including phenoxy) is 1. The number of methoxy groups -OCH3 is 1. The lowest BCUT2D eigenvalue weighted by Gasteiger charge is -2.15. The molecule has 2 aromatic carbocycles. The molecule has 1 atom stereocenters. The standard InChI is InChI=1S/C17H15N3O4S/c1-24-17(21)16(12-10-18-13-7-3-2-6-11(12)13)19-25-15-9-5-4-8-14(15)20(22)23/h2-10,16,18-19H,1H3/t16-/m0/s1. The van der Waals surface area contributed by atoms with Crippen LogP contribution in [-0.4, -0.2) is 23.0 Å². The molecule has 0 fully saturated rings. The molecule has 0 aliphatic heterocycles. The van der Waals surface area contributed by atoms with Crippen molar-refractivity contribution in [3.63, 3.8) is 0 Å². The van der Waals surface area contributed by atoms with E-state index >= 15 is 0 Å². The van der Waals surface area contributed by atoms with Crippen molar-refractivity contribution >= 4 is 34.5 Å². The molecule has 3 aromatic rings. The number of hydrogen-bond donors (Lipinski definition) is 2. The number of hydrogen-bond acceptors (Lipinski definition) is 6. The summed E-state index contributed by atoms with van der Waals surface area (Å²) < 4.78 is 7.88. The first kappa shape index (κ1) is 17.0. The number of fused-ring (bicyclic) bond motifs is 1. The number of nitrogens with one attached hydrogen (secondary N) is 2. The number of rotatable bonds is 6. The third-order valence-electron chi connectivity index (χ3n) is 3.72. The second-order valence-electron chi connectivity index (χ2n) is 5.19. The summed E-state index contributed by atoms with van der Waals surface area (Å²) in [4.78, 5) is 26.4. The van der Waals surface area contributed by atoms with Gasteiger partial charge in [-0.25, -0.2) is 9.52 Å². The lowest BCUT2D eigenvalue weighted by Crippen LogP contribution is -2.24. The number of nitrogens with zero attached hydrogens (tertiary/aromatic N) is 1. The van der Waals surface area contributed by atoms with Crippen molar-refractivity contribution in [3.05, 3.63) is 70.4 Å². The maximum atomic E-state index is 12.2. The summed E-state index contributed by atoms with van der Waals surface area (Å²) in [5.74, 6) is -0.476. The molecular formula is C17H15N3O4S. The van der Waals surface area contributed by atoms with Crippen LogP contribution in [0.2, 0.25) is 0 Å². The highest BCUT2D eigenvalue weighted by molar-refractivity contribution is 7.97. The topological polar surface area (TPSA) is 97.3 Å². The Labute approximate surface area is 147 Å². The Bertz CT molecular complexity index is 925. The monoisotopic (exact) mass is 357 g/mol. The first-order valence-corrected chi connectivity index (χ1v) is 8.23. The zero-order chi connectivity index (χ0) is 17.8. The molecular weight excluding hydrogens is 342 g/mol. The van der Waals surface area contributed by atoms with Gasteiger partial charge in [0.15, 0.2) is 0 Å². The Kier molecular flexibility index (Phi) is 5.01. The molecule has 0 saturated heterocycles. The molecule has 0 amide bonds. The molecule has 8 heteroatoms. The molecule has 1 heterocycles. The van der Waals surface area contributed by atoms with Gasteiger partial charge in [-0.1, -0.05) is 30.3 Å². The number of H-pyrrole nitrogens is 1. The Morgan fingerprint density at radius 3 is 2.72 bits per heavy atom. The van der Waals surface area contributed by atoms with Crippen molar-refractivity contribution in [1.29, 1.82) is 0 Å². The van der Waals surface area contributed by atoms with E-state index in [1.807, 2.05) is 24.3 Å². The van der Waals surface area contributed by atoms with Crippen LogP contribution >= 0.6 is 11.9 Å². The molecule has 0 aliphatic rings. The molecule has 0 saturated carbocycles. The maximum absolute atomic E-state index is 12.2. The van der Waals surface area contributed by atoms with Crippen molar-refractivity contribution < 1.29 is 14.5 Å². The molecule has 0 spiro atoms. The van der Waals surface area contributed by atoms with Gasteiger partial charge in [0.1, 0.15) is 10.9 Å². The second-order valence-corrected chi connectivity index (χ2v) is 6.07. The molecule has 0 radical (unpaired) electrons. The summed E-state index contributed by atoms with van der Waals surface area (Å²) in [6.45, 7) is 0. The molecule has 25 heavy (non-hydrogen) atoms. The van der Waals surface area contributed by atoms with Crippen molar-refractivity contribution in [2.75, 3.05) is 7.11 Å². The van der Waals surface area contributed by atoms with Crippen molar-refractivity contribution in [2.45, 2.75) is 10.9 Å². The highest BCUT2D eigenvalue weighted by atomic mass is 32.2. The number of carbonyl (C=O) groups excluding carboxylic acids is 1. The normalized spacial score (nSPS) is 12.0. The molecule has 2 N–H and O–H groups in total. The molecule has 0 unspecified atom stereocenters. The van der Waals surface area contributed by atoms with Crippen LogP contribution in [-0.2, 0) is 9.53 Å². The van der Waals surface area contributed by atoms with Crippen molar-refractivity contribution in [1.82, 2.24) is 9.71 Å². The van der Waals surface area contributed by atoms with Gasteiger partial charge < -0.3 is 9.72 Å². The minimum atomic E-state index is -0.772. The third kappa shape index (κ3) is 3.49. The fourth-order valence-corrected chi connectivity index (χ4v) is 3.37. The van der Waals surface area contributed by atoms with E-state index in [1.54, 1.807) is 24.4 Å². The Hall–Kier alpha value is -2.84. The van der Waals surface area contributed by atoms with E-state index in [1.165, 1.54) is 13.2 Å². The highest BCUT2D eigenvalue weighted by Gasteiger charge is 2.25. The molecule has 1 aromatic heterocycles. The van der Waals surface area contributed by atoms with E-state index in [9.17, 15) is 14.9 Å². The van der Waals surface area contributed by atoms with Gasteiger partial charge in [-0.05, 0) is 24.1 Å². The van der Waals surface area contributed by atoms with Gasteiger partial charge in [-0.15, -0.1) is 0 Å². The minimum Gasteiger partial charge on any atom is -0.468 e. The predicted octanol–water partition coefficient (Wildman–Crippen LogP) is 3.59. The lowest BCUT2D eigenvalue weighted by molar-refractivity contribution is -0.387. The zero-order valence-electron chi connectivity index (χ0n) is 13.3. The van der Waals surface area contributed by atoms with Crippen LogP contribution in [0.3, 0.4) is 0 Å². The SMILES string of the molecule is COC(=O)[C@@H](NSc1ccccc1[N+](=O)[O-])c1c[nH]c2ccccc12. The van der Waals surface area contributed by atoms with Gasteiger partial charge in [-0.2, -0.15) is 0 Å². The fourth-order valence-electron chi connectivity index (χ4n) is 2.51. The van der Waals surface area contributed by atoms with Gasteiger partial charge in [0, 0.05) is 28.7 Å². The Morgan fingerprint density at radius 1 is 1.24 bits per heavy atom. The van der Waals surface area contributed by atoms with E-state index in [2.05, 4.69) is 9.71 Å². The molecule has 3 rings (SSSR count). The zero-order valence-corrected chi connectivity index (χ0v) is 14.1. The van der Waals surface area contributed by atoms with Crippen LogP contribution in [0.4, 0.5) is 5.69 Å². The molecule has 0 aliphatic carbocycles. The Balaban J connectivity index is 1.91. The molecule has 0 bridgehead atoms. The van der Waals surface area contributed by atoms with Crippen molar-refractivity contribution in [2.24, 2.45) is 0 Å². The first-order valence-electron chi connectivity index (χ1n) is 7.41. The smallest absolute Gasteiger partial charge is 0.328 e. The number of aromatic amines is 1. The number of benzene rings is 2. The summed E-state index contributed by atoms with van der Waals surface area (Å²) >= 11 is 1.03. The number of aromatic nitrogens is 1. The molecule has 7 nitrogen and oxygen atoms in total. The molecule has 128 valence electrons. The highest BCUT2D eigenvalue weighted by Crippen LogP contribution is 2.31. The maximum Gasteiger partial charge on any atom is 0.328 e. The number of esters is 1. The van der Waals surface area contributed by atoms with Gasteiger partial charge >= 0.3 is 5.97 Å². The Morgan fingerprint density at radius 2 is 1.96 bits per heavy atom. The number of nitro groups is 1. The number of carbonyl (C=O) groups is 1. The quantitative estimate of drug-likeness (QED) is 0.303. The minimum absolute atomic E-state index is 0.0254. The lowest BCUT2D eigenvalue weighted by atomic mass is 10.1. The van der Waals surface area contributed by atoms with Gasteiger partial charge in [0.2, 0.25) is 0 Å². The van der Waals surface area contributed by atoms with E-state index in [0.29, 0.717) is 10.5 Å². The summed E-state index contributed by atoms with van der Waals surface area (Å²) in [6, 6.07) is 13.1. The van der Waals surface area contributed by atoms with Crippen LogP contribution in [0.25, 0.3) is 10.9 Å². The number of para-hydroxylation sites is 2. The van der Waals surface area contributed by atoms with Crippen LogP contribution in [0.1, 0.15) is 11.6 Å². The van der Waals surface area contributed by atoms with E-state index in [-0.39, 0.29) is 5.69 Å². The average molecular weight is 357 g/mol. The van der Waals surface area contributed by atoms with Crippen LogP contribution in [0, 0.1) is 10.1 Å². The second kappa shape index (κ2) is 7.37. The average Bonchev–Trinajstić information content (AvgIpc) is 3.06. The first-order chi connectivity index (χ1) is 12.1. The number of nitro benzene ring substituents is 1. The van der Waals surface area contributed by atoms with Gasteiger partial charge in [0.05, 0.1) is 12.0 Å². The third-order valence-corrected chi connectivity index (χ3v) is 4.64. The van der Waals surface area contributed by atoms with E-state index in [4.69, 9.17) is 4.74 Å². The largest absolute Gasteiger partial charge is 0.468 e. The van der Waals surface area contributed by atoms with Crippen LogP contribution < -0.4 is 4.72 Å². The summed E-state index contributed by atoms with van der Waals surface area (Å²) in [7, 11) is 1.31. The predicted molar refractivity (Wildman–Crippen MR) is 95.1 cm³/mol. The summed E-state index contributed by atoms with van der Waals surface area (Å²) in [6.07, 6.45) is 1.74. The van der Waals surface area contributed by atoms with E-state index in [0.717, 1.165) is 22.9 Å². The van der Waals surface area contributed by atoms with Gasteiger partial charge in [-0.3, -0.25) is 10.1 Å². The fraction of sp³-hybridized carbons (Fsp3) is 0.118. The van der Waals surface area contributed by atoms with Gasteiger partial charge in [0.25, 0.3) is 5.69 Å². The van der Waals surface area contributed by atoms with Crippen molar-refractivity contribution in [3.8, 4) is 0 Å². The van der Waals surface area contributed by atoms with Crippen LogP contribution in [0.5, 0.6) is 0 Å². The van der Waals surface area contributed by atoms with Crippen LogP contribution in [0.15, 0.2) is 59.6 Å². The van der Waals surface area contributed by atoms with E-state index < -0.39 is 16.9 Å². The summed E-state index contributed by atoms with van der Waals surface area (Å²) in [5.41, 5.74) is 1.58. The summed E-state index contributed by atoms with van der Waals surface area (Å²) in [5, 5.41) is 12.0.